The molecule has 1 heterocycles. The fourth-order valence-corrected chi connectivity index (χ4v) is 2.31. The van der Waals surface area contributed by atoms with E-state index in [4.69, 9.17) is 14.2 Å². The quantitative estimate of drug-likeness (QED) is 0.621. The van der Waals surface area contributed by atoms with Crippen LogP contribution in [0.1, 0.15) is 16.8 Å². The highest BCUT2D eigenvalue weighted by molar-refractivity contribution is 14.1. The van der Waals surface area contributed by atoms with E-state index in [-0.39, 0.29) is 12.1 Å². The van der Waals surface area contributed by atoms with Crippen molar-refractivity contribution < 1.29 is 19.0 Å². The first-order chi connectivity index (χ1) is 8.19. The summed E-state index contributed by atoms with van der Waals surface area (Å²) >= 11 is 2.15. The van der Waals surface area contributed by atoms with E-state index < -0.39 is 0 Å². The number of carbonyl (C=O) groups is 1. The van der Waals surface area contributed by atoms with Gasteiger partial charge in [-0.3, -0.25) is 0 Å². The van der Waals surface area contributed by atoms with Crippen molar-refractivity contribution in [2.24, 2.45) is 0 Å². The number of esters is 1. The number of halogens is 1. The van der Waals surface area contributed by atoms with Gasteiger partial charge in [-0.1, -0.05) is 0 Å². The molecule has 17 heavy (non-hydrogen) atoms. The van der Waals surface area contributed by atoms with E-state index in [0.29, 0.717) is 17.9 Å². The summed E-state index contributed by atoms with van der Waals surface area (Å²) in [5.74, 6) is 0.337. The zero-order chi connectivity index (χ0) is 12.3. The molecule has 1 saturated heterocycles. The largest absolute Gasteiger partial charge is 0.488 e. The normalized spacial score (nSPS) is 19.1. The van der Waals surface area contributed by atoms with Gasteiger partial charge in [-0.05, 0) is 40.8 Å². The van der Waals surface area contributed by atoms with Gasteiger partial charge in [-0.15, -0.1) is 0 Å². The Hall–Kier alpha value is -0.820. The third kappa shape index (κ3) is 3.32. The molecule has 1 aliphatic rings. The second kappa shape index (κ2) is 5.68. The van der Waals surface area contributed by atoms with Crippen molar-refractivity contribution in [2.45, 2.75) is 12.5 Å². The summed E-state index contributed by atoms with van der Waals surface area (Å²) < 4.78 is 16.6. The van der Waals surface area contributed by atoms with Gasteiger partial charge >= 0.3 is 5.97 Å². The molecule has 1 aromatic rings. The monoisotopic (exact) mass is 348 g/mol. The highest BCUT2D eigenvalue weighted by atomic mass is 127. The van der Waals surface area contributed by atoms with E-state index in [0.717, 1.165) is 16.6 Å². The van der Waals surface area contributed by atoms with Gasteiger partial charge in [-0.2, -0.15) is 0 Å². The Labute approximate surface area is 113 Å². The topological polar surface area (TPSA) is 44.8 Å². The van der Waals surface area contributed by atoms with E-state index in [1.165, 1.54) is 7.11 Å². The average molecular weight is 348 g/mol. The molecule has 1 atom stereocenters. The number of ether oxygens (including phenoxy) is 3. The van der Waals surface area contributed by atoms with Crippen molar-refractivity contribution in [2.75, 3.05) is 20.3 Å². The van der Waals surface area contributed by atoms with Crippen molar-refractivity contribution >= 4 is 28.6 Å². The van der Waals surface area contributed by atoms with Gasteiger partial charge < -0.3 is 14.2 Å². The molecule has 5 heteroatoms. The number of hydrogen-bond acceptors (Lipinski definition) is 4. The van der Waals surface area contributed by atoms with Crippen LogP contribution in [0.4, 0.5) is 0 Å². The van der Waals surface area contributed by atoms with Gasteiger partial charge in [0.1, 0.15) is 11.9 Å². The van der Waals surface area contributed by atoms with Gasteiger partial charge in [0.25, 0.3) is 0 Å². The Bertz CT molecular complexity index is 413. The van der Waals surface area contributed by atoms with Crippen LogP contribution in [0.25, 0.3) is 0 Å². The Balaban J connectivity index is 2.15. The first-order valence-electron chi connectivity index (χ1n) is 5.32. The Morgan fingerprint density at radius 3 is 2.94 bits per heavy atom. The third-order valence-electron chi connectivity index (χ3n) is 2.48. The van der Waals surface area contributed by atoms with E-state index in [2.05, 4.69) is 22.6 Å². The summed E-state index contributed by atoms with van der Waals surface area (Å²) in [6.45, 7) is 1.34. The second-order valence-corrected chi connectivity index (χ2v) is 5.02. The molecule has 0 bridgehead atoms. The predicted octanol–water partition coefficient (Wildman–Crippen LogP) is 2.25. The Morgan fingerprint density at radius 2 is 2.29 bits per heavy atom. The molecule has 4 nitrogen and oxygen atoms in total. The number of methoxy groups -OCH3 is 1. The van der Waals surface area contributed by atoms with Crippen molar-refractivity contribution in [1.29, 1.82) is 0 Å². The van der Waals surface area contributed by atoms with Crippen molar-refractivity contribution in [3.8, 4) is 5.75 Å². The molecule has 1 unspecified atom stereocenters. The van der Waals surface area contributed by atoms with E-state index in [1.54, 1.807) is 12.1 Å². The van der Waals surface area contributed by atoms with Gasteiger partial charge in [0, 0.05) is 9.99 Å². The van der Waals surface area contributed by atoms with Crippen LogP contribution >= 0.6 is 22.6 Å². The summed E-state index contributed by atoms with van der Waals surface area (Å²) in [5.41, 5.74) is 0.508. The molecule has 0 aliphatic carbocycles. The lowest BCUT2D eigenvalue weighted by molar-refractivity contribution is 0.0599. The van der Waals surface area contributed by atoms with E-state index >= 15 is 0 Å². The first kappa shape index (κ1) is 12.6. The summed E-state index contributed by atoms with van der Waals surface area (Å²) in [6.07, 6.45) is 0.970. The molecule has 1 fully saturated rings. The van der Waals surface area contributed by atoms with Crippen molar-refractivity contribution in [1.82, 2.24) is 0 Å². The average Bonchev–Trinajstić information content (AvgIpc) is 2.80. The predicted molar refractivity (Wildman–Crippen MR) is 70.4 cm³/mol. The third-order valence-corrected chi connectivity index (χ3v) is 3.11. The maximum atomic E-state index is 11.4. The highest BCUT2D eigenvalue weighted by Gasteiger charge is 2.18. The van der Waals surface area contributed by atoms with Crippen LogP contribution in [0.3, 0.4) is 0 Å². The number of hydrogen-bond donors (Lipinski definition) is 0. The van der Waals surface area contributed by atoms with Gasteiger partial charge in [-0.25, -0.2) is 4.79 Å². The minimum atomic E-state index is -0.351. The van der Waals surface area contributed by atoms with Crippen LogP contribution < -0.4 is 4.74 Å². The second-order valence-electron chi connectivity index (χ2n) is 3.77. The maximum absolute atomic E-state index is 11.4. The molecular weight excluding hydrogens is 335 g/mol. The summed E-state index contributed by atoms with van der Waals surface area (Å²) in [7, 11) is 1.37. The molecule has 0 radical (unpaired) electrons. The van der Waals surface area contributed by atoms with Crippen LogP contribution in [0.5, 0.6) is 5.75 Å². The molecule has 0 aromatic heterocycles. The number of rotatable bonds is 3. The summed E-state index contributed by atoms with van der Waals surface area (Å²) in [6, 6.07) is 5.36. The van der Waals surface area contributed by atoms with Crippen molar-refractivity contribution in [3.63, 3.8) is 0 Å². The maximum Gasteiger partial charge on any atom is 0.338 e. The Morgan fingerprint density at radius 1 is 1.47 bits per heavy atom. The molecule has 0 N–H and O–H groups in total. The van der Waals surface area contributed by atoms with Gasteiger partial charge in [0.2, 0.25) is 0 Å². The molecule has 1 aromatic carbocycles. The molecule has 0 spiro atoms. The van der Waals surface area contributed by atoms with Crippen LogP contribution in [-0.4, -0.2) is 32.4 Å². The summed E-state index contributed by atoms with van der Waals surface area (Å²) in [4.78, 5) is 11.4. The summed E-state index contributed by atoms with van der Waals surface area (Å²) in [5, 5.41) is 0. The fourth-order valence-electron chi connectivity index (χ4n) is 1.66. The lowest BCUT2D eigenvalue weighted by Gasteiger charge is -2.13. The molecule has 2 rings (SSSR count). The molecular formula is C12H13IO4. The molecule has 92 valence electrons. The van der Waals surface area contributed by atoms with Crippen LogP contribution in [-0.2, 0) is 9.47 Å². The van der Waals surface area contributed by atoms with Gasteiger partial charge in [0.15, 0.2) is 0 Å². The Kier molecular flexibility index (Phi) is 4.22. The lowest BCUT2D eigenvalue weighted by atomic mass is 10.2. The smallest absolute Gasteiger partial charge is 0.338 e. The minimum Gasteiger partial charge on any atom is -0.488 e. The van der Waals surface area contributed by atoms with E-state index in [9.17, 15) is 4.79 Å². The van der Waals surface area contributed by atoms with Crippen LogP contribution in [0.15, 0.2) is 18.2 Å². The minimum absolute atomic E-state index is 0.0821. The van der Waals surface area contributed by atoms with Gasteiger partial charge in [0.05, 0.1) is 25.9 Å². The van der Waals surface area contributed by atoms with Crippen molar-refractivity contribution in [3.05, 3.63) is 27.3 Å². The molecule has 1 aliphatic heterocycles. The number of benzene rings is 1. The zero-order valence-electron chi connectivity index (χ0n) is 9.44. The number of carbonyl (C=O) groups excluding carboxylic acids is 1. The zero-order valence-corrected chi connectivity index (χ0v) is 11.6. The lowest BCUT2D eigenvalue weighted by Crippen LogP contribution is -2.16. The SMILES string of the molecule is COC(=O)c1cc(I)cc(OC2CCOC2)c1. The standard InChI is InChI=1S/C12H13IO4/c1-15-12(14)8-4-9(13)6-11(5-8)17-10-2-3-16-7-10/h4-6,10H,2-3,7H2,1H3. The molecule has 0 saturated carbocycles. The first-order valence-corrected chi connectivity index (χ1v) is 6.40. The van der Waals surface area contributed by atoms with Crippen LogP contribution in [0.2, 0.25) is 0 Å². The fraction of sp³-hybridized carbons (Fsp3) is 0.417. The van der Waals surface area contributed by atoms with Crippen LogP contribution in [0, 0.1) is 3.57 Å². The highest BCUT2D eigenvalue weighted by Crippen LogP contribution is 2.22. The molecule has 0 amide bonds. The van der Waals surface area contributed by atoms with E-state index in [1.807, 2.05) is 6.07 Å².